The van der Waals surface area contributed by atoms with Gasteiger partial charge in [-0.25, -0.2) is 0 Å². The number of benzene rings is 4. The van der Waals surface area contributed by atoms with Gasteiger partial charge in [0.25, 0.3) is 5.91 Å². The van der Waals surface area contributed by atoms with E-state index in [0.717, 1.165) is 11.1 Å². The Bertz CT molecular complexity index is 2270. The number of rotatable bonds is 15. The molecule has 1 aliphatic heterocycles. The molecule has 0 spiro atoms. The number of nitrogens with two attached hydrogens (primary N) is 3. The average Bonchev–Trinajstić information content (AvgIpc) is 3.26. The number of halogens is 1. The SMILES string of the molecule is C[C@@H]1NC(=O)[C@@H](N(C)C(=O)[C@H](CCN)NC(=O)c2ccc(-c3ccccc3Cl)cc2)c2ccc(OCCN)c(c2)-c2cc(ccc2OCCN)C[C@@H](C(=O)NCC#N)NC1=O. The molecule has 4 aromatic rings. The maximum atomic E-state index is 14.5. The zero-order valence-corrected chi connectivity index (χ0v) is 34.7. The largest absolute Gasteiger partial charge is 0.492 e. The van der Waals surface area contributed by atoms with Crippen LogP contribution in [0, 0.1) is 11.3 Å². The molecule has 0 aromatic heterocycles. The first-order valence-corrected chi connectivity index (χ1v) is 20.1. The number of hydrogen-bond donors (Lipinski definition) is 7. The van der Waals surface area contributed by atoms with Gasteiger partial charge in [0.15, 0.2) is 0 Å². The summed E-state index contributed by atoms with van der Waals surface area (Å²) >= 11 is 6.38. The summed E-state index contributed by atoms with van der Waals surface area (Å²) in [5.41, 5.74) is 21.3. The monoisotopic (exact) mass is 851 g/mol. The van der Waals surface area contributed by atoms with Crippen molar-refractivity contribution in [1.82, 2.24) is 26.2 Å². The molecule has 4 aromatic carbocycles. The zero-order chi connectivity index (χ0) is 44.1. The van der Waals surface area contributed by atoms with Gasteiger partial charge in [-0.1, -0.05) is 54.1 Å². The van der Waals surface area contributed by atoms with Crippen molar-refractivity contribution in [3.05, 3.63) is 107 Å². The Kier molecular flexibility index (Phi) is 16.2. The van der Waals surface area contributed by atoms with E-state index in [9.17, 15) is 24.0 Å². The summed E-state index contributed by atoms with van der Waals surface area (Å²) < 4.78 is 12.1. The second-order valence-corrected chi connectivity index (χ2v) is 14.7. The highest BCUT2D eigenvalue weighted by Crippen LogP contribution is 2.40. The molecule has 4 bridgehead atoms. The fraction of sp³-hybridized carbons (Fsp3) is 0.318. The van der Waals surface area contributed by atoms with Gasteiger partial charge >= 0.3 is 0 Å². The Labute approximate surface area is 359 Å². The molecule has 0 unspecified atom stereocenters. The number of nitriles is 1. The van der Waals surface area contributed by atoms with Crippen LogP contribution in [0.2, 0.25) is 5.02 Å². The minimum absolute atomic E-state index is 0.00611. The van der Waals surface area contributed by atoms with Crippen molar-refractivity contribution in [2.24, 2.45) is 17.2 Å². The molecule has 10 N–H and O–H groups in total. The van der Waals surface area contributed by atoms with Crippen LogP contribution in [0.4, 0.5) is 0 Å². The van der Waals surface area contributed by atoms with Gasteiger partial charge in [-0.05, 0) is 79.0 Å². The van der Waals surface area contributed by atoms with E-state index in [0.29, 0.717) is 38.8 Å². The molecular formula is C44H50ClN9O7. The van der Waals surface area contributed by atoms with E-state index in [1.165, 1.54) is 18.9 Å². The van der Waals surface area contributed by atoms with Crippen LogP contribution in [-0.4, -0.2) is 99.0 Å². The van der Waals surface area contributed by atoms with Crippen molar-refractivity contribution in [3.8, 4) is 39.8 Å². The van der Waals surface area contributed by atoms with Crippen LogP contribution in [0.1, 0.15) is 40.9 Å². The Morgan fingerprint density at radius 1 is 0.869 bits per heavy atom. The predicted octanol–water partition coefficient (Wildman–Crippen LogP) is 2.18. The highest BCUT2D eigenvalue weighted by atomic mass is 35.5. The quantitative estimate of drug-likeness (QED) is 0.0854. The van der Waals surface area contributed by atoms with E-state index in [1.807, 2.05) is 24.3 Å². The summed E-state index contributed by atoms with van der Waals surface area (Å²) in [5.74, 6) is -2.47. The fourth-order valence-corrected chi connectivity index (χ4v) is 7.11. The van der Waals surface area contributed by atoms with Crippen LogP contribution in [0.15, 0.2) is 84.9 Å². The molecule has 5 amide bonds. The van der Waals surface area contributed by atoms with Crippen LogP contribution in [0.5, 0.6) is 11.5 Å². The number of fused-ring (bicyclic) bond motifs is 5. The summed E-state index contributed by atoms with van der Waals surface area (Å²) in [5, 5.41) is 20.4. The number of ether oxygens (including phenoxy) is 2. The van der Waals surface area contributed by atoms with Crippen molar-refractivity contribution in [2.75, 3.05) is 46.4 Å². The average molecular weight is 852 g/mol. The molecule has 320 valence electrons. The molecule has 17 heteroatoms. The van der Waals surface area contributed by atoms with E-state index in [-0.39, 0.29) is 57.8 Å². The van der Waals surface area contributed by atoms with Gasteiger partial charge < -0.3 is 52.8 Å². The summed E-state index contributed by atoms with van der Waals surface area (Å²) in [4.78, 5) is 70.7. The molecule has 0 radical (unpaired) electrons. The maximum absolute atomic E-state index is 14.5. The summed E-state index contributed by atoms with van der Waals surface area (Å²) in [6, 6.07) is 21.1. The molecule has 0 aliphatic carbocycles. The Morgan fingerprint density at radius 2 is 1.52 bits per heavy atom. The van der Waals surface area contributed by atoms with Crippen molar-refractivity contribution in [3.63, 3.8) is 0 Å². The second kappa shape index (κ2) is 21.7. The molecule has 1 aliphatic rings. The molecule has 1 heterocycles. The van der Waals surface area contributed by atoms with Gasteiger partial charge in [-0.15, -0.1) is 0 Å². The third kappa shape index (κ3) is 11.4. The number of carbonyl (C=O) groups is 5. The van der Waals surface area contributed by atoms with Crippen LogP contribution in [0.25, 0.3) is 22.3 Å². The molecule has 0 saturated carbocycles. The molecule has 16 nitrogen and oxygen atoms in total. The lowest BCUT2D eigenvalue weighted by atomic mass is 9.93. The normalized spacial score (nSPS) is 16.7. The van der Waals surface area contributed by atoms with Gasteiger partial charge in [0.1, 0.15) is 55.4 Å². The van der Waals surface area contributed by atoms with Crippen molar-refractivity contribution in [2.45, 2.75) is 43.9 Å². The van der Waals surface area contributed by atoms with Gasteiger partial charge in [0, 0.05) is 53.8 Å². The number of nitrogens with one attached hydrogen (secondary N) is 4. The number of amides is 5. The number of hydrogen-bond acceptors (Lipinski definition) is 11. The summed E-state index contributed by atoms with van der Waals surface area (Å²) in [6.07, 6.45) is 0.0347. The standard InChI is InChI=1S/C44H50ClN9O7/c1-26-40(55)53-36(42(57)50-20-17-47)24-27-7-13-37(60-21-18-48)32(23-27)33-25-30(12-14-38(33)61-22-19-49)39(43(58)51-26)54(2)44(59)35(15-16-46)52-41(56)29-10-8-28(9-11-29)31-5-3-4-6-34(31)45/h3-14,23,25-26,35-36,39H,15-16,18-22,24,46,48-49H2,1-2H3,(H,50,57)(H,51,58)(H,52,56)(H,53,55)/t26-,35-,36-,39-/m0/s1. The topological polar surface area (TPSA) is 257 Å². The van der Waals surface area contributed by atoms with E-state index in [2.05, 4.69) is 21.3 Å². The van der Waals surface area contributed by atoms with Gasteiger partial charge in [-0.2, -0.15) is 5.26 Å². The molecule has 0 saturated heterocycles. The van der Waals surface area contributed by atoms with E-state index in [1.54, 1.807) is 66.7 Å². The minimum atomic E-state index is -1.38. The smallest absolute Gasteiger partial charge is 0.251 e. The number of nitrogens with zero attached hydrogens (tertiary/aromatic N) is 2. The molecule has 0 fully saturated rings. The highest BCUT2D eigenvalue weighted by molar-refractivity contribution is 6.33. The highest BCUT2D eigenvalue weighted by Gasteiger charge is 2.36. The van der Waals surface area contributed by atoms with E-state index < -0.39 is 53.7 Å². The lowest BCUT2D eigenvalue weighted by molar-refractivity contribution is -0.141. The lowest BCUT2D eigenvalue weighted by Crippen LogP contribution is -2.56. The Morgan fingerprint density at radius 3 is 2.16 bits per heavy atom. The Balaban J connectivity index is 1.57. The number of likely N-dealkylation sites (N-methyl/N-ethyl adjacent to an activating group) is 1. The third-order valence-electron chi connectivity index (χ3n) is 9.94. The van der Waals surface area contributed by atoms with Gasteiger partial charge in [-0.3, -0.25) is 24.0 Å². The van der Waals surface area contributed by atoms with Gasteiger partial charge in [0.05, 0.1) is 6.07 Å². The van der Waals surface area contributed by atoms with Gasteiger partial charge in [0.2, 0.25) is 23.6 Å². The van der Waals surface area contributed by atoms with E-state index >= 15 is 0 Å². The first-order chi connectivity index (χ1) is 29.4. The second-order valence-electron chi connectivity index (χ2n) is 14.2. The van der Waals surface area contributed by atoms with Crippen LogP contribution >= 0.6 is 11.6 Å². The fourth-order valence-electron chi connectivity index (χ4n) is 6.87. The molecule has 4 atom stereocenters. The third-order valence-corrected chi connectivity index (χ3v) is 10.3. The van der Waals surface area contributed by atoms with Crippen molar-refractivity contribution in [1.29, 1.82) is 5.26 Å². The lowest BCUT2D eigenvalue weighted by Gasteiger charge is -2.32. The molecular weight excluding hydrogens is 802 g/mol. The van der Waals surface area contributed by atoms with Crippen molar-refractivity contribution < 1.29 is 33.4 Å². The first kappa shape index (κ1) is 45.6. The molecule has 61 heavy (non-hydrogen) atoms. The van der Waals surface area contributed by atoms with Crippen LogP contribution in [0.3, 0.4) is 0 Å². The first-order valence-electron chi connectivity index (χ1n) is 19.7. The van der Waals surface area contributed by atoms with Crippen LogP contribution < -0.4 is 47.9 Å². The predicted molar refractivity (Wildman–Crippen MR) is 230 cm³/mol. The maximum Gasteiger partial charge on any atom is 0.251 e. The summed E-state index contributed by atoms with van der Waals surface area (Å²) in [6.45, 7) is 1.84. The zero-order valence-electron chi connectivity index (χ0n) is 33.9. The van der Waals surface area contributed by atoms with Crippen molar-refractivity contribution >= 4 is 41.1 Å². The minimum Gasteiger partial charge on any atom is -0.492 e. The van der Waals surface area contributed by atoms with E-state index in [4.69, 9.17) is 43.5 Å². The Hall–Kier alpha value is -6.51. The number of carbonyl (C=O) groups excluding carboxylic acids is 5. The van der Waals surface area contributed by atoms with Crippen LogP contribution in [-0.2, 0) is 25.6 Å². The molecule has 5 rings (SSSR count). The summed E-state index contributed by atoms with van der Waals surface area (Å²) in [7, 11) is 1.42.